The van der Waals surface area contributed by atoms with Gasteiger partial charge >= 0.3 is 5.69 Å². The fourth-order valence-electron chi connectivity index (χ4n) is 3.73. The number of fused-ring (bicyclic) bond motifs is 2. The van der Waals surface area contributed by atoms with Crippen molar-refractivity contribution < 1.29 is 4.79 Å². The standard InChI is InChI=1S/C19H23N5O2/c25-18(7-3-4-13-12-20-16-6-2-1-5-15(13)16)21-14-8-9-17-22-23-19(26)24(17)11-10-14/h1-2,5-6,12,14,20H,3-4,7-11H2,(H,21,25)(H,23,26). The molecule has 3 aromatic rings. The first kappa shape index (κ1) is 16.6. The van der Waals surface area contributed by atoms with E-state index in [0.29, 0.717) is 19.4 Å². The van der Waals surface area contributed by atoms with Gasteiger partial charge in [0.25, 0.3) is 0 Å². The van der Waals surface area contributed by atoms with Crippen LogP contribution in [0.3, 0.4) is 0 Å². The Morgan fingerprint density at radius 2 is 2.19 bits per heavy atom. The molecule has 3 N–H and O–H groups in total. The van der Waals surface area contributed by atoms with Crippen LogP contribution in [0.25, 0.3) is 10.9 Å². The van der Waals surface area contributed by atoms with Crippen molar-refractivity contribution >= 4 is 16.8 Å². The SMILES string of the molecule is O=C(CCCc1c[nH]c2ccccc12)NC1CCc2n[nH]c(=O)n2CC1. The van der Waals surface area contributed by atoms with Crippen LogP contribution >= 0.6 is 0 Å². The Morgan fingerprint density at radius 1 is 1.31 bits per heavy atom. The Kier molecular flexibility index (Phi) is 4.60. The molecular weight excluding hydrogens is 330 g/mol. The van der Waals surface area contributed by atoms with Crippen molar-refractivity contribution in [2.75, 3.05) is 0 Å². The van der Waals surface area contributed by atoms with Crippen LogP contribution in [0.2, 0.25) is 0 Å². The molecule has 3 heterocycles. The number of nitrogens with zero attached hydrogens (tertiary/aromatic N) is 2. The van der Waals surface area contributed by atoms with E-state index in [2.05, 4.69) is 32.6 Å². The zero-order valence-corrected chi connectivity index (χ0v) is 14.6. The predicted octanol–water partition coefficient (Wildman–Crippen LogP) is 1.90. The van der Waals surface area contributed by atoms with Gasteiger partial charge in [-0.05, 0) is 37.3 Å². The lowest BCUT2D eigenvalue weighted by molar-refractivity contribution is -0.122. The lowest BCUT2D eigenvalue weighted by atomic mass is 10.1. The number of H-pyrrole nitrogens is 2. The van der Waals surface area contributed by atoms with Gasteiger partial charge in [0.2, 0.25) is 5.91 Å². The summed E-state index contributed by atoms with van der Waals surface area (Å²) in [4.78, 5) is 27.2. The highest BCUT2D eigenvalue weighted by Gasteiger charge is 2.20. The molecule has 0 aliphatic carbocycles. The van der Waals surface area contributed by atoms with Crippen LogP contribution in [0.15, 0.2) is 35.3 Å². The molecule has 2 aromatic heterocycles. The van der Waals surface area contributed by atoms with Crippen molar-refractivity contribution in [1.29, 1.82) is 0 Å². The molecule has 0 saturated heterocycles. The number of carbonyl (C=O) groups excluding carboxylic acids is 1. The van der Waals surface area contributed by atoms with Gasteiger partial charge in [-0.25, -0.2) is 9.89 Å². The van der Waals surface area contributed by atoms with Crippen molar-refractivity contribution in [3.05, 3.63) is 52.3 Å². The van der Waals surface area contributed by atoms with Gasteiger partial charge in [-0.15, -0.1) is 0 Å². The summed E-state index contributed by atoms with van der Waals surface area (Å²) in [7, 11) is 0. The molecule has 0 fully saturated rings. The number of para-hydroxylation sites is 1. The molecule has 26 heavy (non-hydrogen) atoms. The van der Waals surface area contributed by atoms with Gasteiger partial charge in [0.15, 0.2) is 0 Å². The van der Waals surface area contributed by atoms with Crippen LogP contribution in [0.1, 0.15) is 37.1 Å². The number of aryl methyl sites for hydroxylation is 2. The summed E-state index contributed by atoms with van der Waals surface area (Å²) in [6, 6.07) is 8.33. The molecule has 0 radical (unpaired) electrons. The second-order valence-corrected chi connectivity index (χ2v) is 6.90. The first-order valence-electron chi connectivity index (χ1n) is 9.19. The number of carbonyl (C=O) groups is 1. The van der Waals surface area contributed by atoms with Crippen LogP contribution in [-0.2, 0) is 24.2 Å². The quantitative estimate of drug-likeness (QED) is 0.654. The number of hydrogen-bond donors (Lipinski definition) is 3. The molecule has 4 rings (SSSR count). The zero-order chi connectivity index (χ0) is 17.9. The third kappa shape index (κ3) is 3.42. The molecule has 7 heteroatoms. The minimum atomic E-state index is -0.161. The van der Waals surface area contributed by atoms with E-state index in [1.54, 1.807) is 4.57 Å². The lowest BCUT2D eigenvalue weighted by Crippen LogP contribution is -2.35. The largest absolute Gasteiger partial charge is 0.361 e. The van der Waals surface area contributed by atoms with E-state index in [4.69, 9.17) is 0 Å². The maximum atomic E-state index is 12.3. The van der Waals surface area contributed by atoms with Crippen molar-refractivity contribution in [3.63, 3.8) is 0 Å². The van der Waals surface area contributed by atoms with Crippen LogP contribution in [0.4, 0.5) is 0 Å². The molecule has 136 valence electrons. The number of hydrogen-bond acceptors (Lipinski definition) is 3. The fraction of sp³-hybridized carbons (Fsp3) is 0.421. The predicted molar refractivity (Wildman–Crippen MR) is 99.0 cm³/mol. The normalized spacial score (nSPS) is 17.0. The monoisotopic (exact) mass is 353 g/mol. The maximum Gasteiger partial charge on any atom is 0.343 e. The number of aromatic amines is 2. The fourth-order valence-corrected chi connectivity index (χ4v) is 3.73. The summed E-state index contributed by atoms with van der Waals surface area (Å²) in [5.41, 5.74) is 2.23. The second kappa shape index (κ2) is 7.19. The van der Waals surface area contributed by atoms with E-state index in [1.165, 1.54) is 10.9 Å². The van der Waals surface area contributed by atoms with Crippen LogP contribution in [-0.4, -0.2) is 31.7 Å². The highest BCUT2D eigenvalue weighted by atomic mass is 16.2. The first-order valence-corrected chi connectivity index (χ1v) is 9.19. The molecule has 1 aliphatic heterocycles. The van der Waals surface area contributed by atoms with Crippen molar-refractivity contribution in [3.8, 4) is 0 Å². The summed E-state index contributed by atoms with van der Waals surface area (Å²) in [6.07, 6.45) is 6.54. The van der Waals surface area contributed by atoms with Crippen molar-refractivity contribution in [2.45, 2.75) is 51.1 Å². The molecule has 1 aromatic carbocycles. The Balaban J connectivity index is 1.26. The van der Waals surface area contributed by atoms with E-state index < -0.39 is 0 Å². The third-order valence-corrected chi connectivity index (χ3v) is 5.14. The van der Waals surface area contributed by atoms with Crippen LogP contribution in [0, 0.1) is 0 Å². The van der Waals surface area contributed by atoms with Gasteiger partial charge in [0.1, 0.15) is 5.82 Å². The maximum absolute atomic E-state index is 12.3. The highest BCUT2D eigenvalue weighted by molar-refractivity contribution is 5.83. The number of amides is 1. The molecule has 1 amide bonds. The minimum absolute atomic E-state index is 0.0864. The topological polar surface area (TPSA) is 95.6 Å². The Morgan fingerprint density at radius 3 is 3.12 bits per heavy atom. The molecule has 1 atom stereocenters. The summed E-state index contributed by atoms with van der Waals surface area (Å²) in [5, 5.41) is 10.9. The Bertz CT molecular complexity index is 968. The Labute approximate surface area is 150 Å². The van der Waals surface area contributed by atoms with Gasteiger partial charge in [0, 0.05) is 42.5 Å². The first-order chi connectivity index (χ1) is 12.7. The molecular formula is C19H23N5O2. The van der Waals surface area contributed by atoms with E-state index >= 15 is 0 Å². The molecule has 7 nitrogen and oxygen atoms in total. The van der Waals surface area contributed by atoms with Gasteiger partial charge < -0.3 is 10.3 Å². The number of rotatable bonds is 5. The summed E-state index contributed by atoms with van der Waals surface area (Å²) in [5.74, 6) is 0.870. The molecule has 0 bridgehead atoms. The molecule has 1 aliphatic rings. The van der Waals surface area contributed by atoms with Gasteiger partial charge in [-0.1, -0.05) is 18.2 Å². The van der Waals surface area contributed by atoms with E-state index in [-0.39, 0.29) is 17.6 Å². The number of benzene rings is 1. The van der Waals surface area contributed by atoms with Crippen LogP contribution in [0.5, 0.6) is 0 Å². The molecule has 1 unspecified atom stereocenters. The van der Waals surface area contributed by atoms with Gasteiger partial charge in [-0.2, -0.15) is 5.10 Å². The van der Waals surface area contributed by atoms with E-state index in [1.807, 2.05) is 18.3 Å². The summed E-state index contributed by atoms with van der Waals surface area (Å²) in [6.45, 7) is 0.602. The van der Waals surface area contributed by atoms with Gasteiger partial charge in [-0.3, -0.25) is 9.36 Å². The molecule has 0 spiro atoms. The van der Waals surface area contributed by atoms with Gasteiger partial charge in [0.05, 0.1) is 0 Å². The van der Waals surface area contributed by atoms with Crippen molar-refractivity contribution in [2.24, 2.45) is 0 Å². The summed E-state index contributed by atoms with van der Waals surface area (Å²) >= 11 is 0. The Hall–Kier alpha value is -2.83. The average molecular weight is 353 g/mol. The number of aromatic nitrogens is 4. The molecule has 0 saturated carbocycles. The average Bonchev–Trinajstić information content (AvgIpc) is 3.14. The van der Waals surface area contributed by atoms with Crippen LogP contribution < -0.4 is 11.0 Å². The highest BCUT2D eigenvalue weighted by Crippen LogP contribution is 2.19. The minimum Gasteiger partial charge on any atom is -0.361 e. The third-order valence-electron chi connectivity index (χ3n) is 5.14. The lowest BCUT2D eigenvalue weighted by Gasteiger charge is -2.15. The second-order valence-electron chi connectivity index (χ2n) is 6.90. The summed E-state index contributed by atoms with van der Waals surface area (Å²) < 4.78 is 1.67. The smallest absolute Gasteiger partial charge is 0.343 e. The number of nitrogens with one attached hydrogen (secondary N) is 3. The van der Waals surface area contributed by atoms with E-state index in [0.717, 1.165) is 37.0 Å². The van der Waals surface area contributed by atoms with Crippen molar-refractivity contribution in [1.82, 2.24) is 25.1 Å². The zero-order valence-electron chi connectivity index (χ0n) is 14.6. The van der Waals surface area contributed by atoms with E-state index in [9.17, 15) is 9.59 Å².